The molecular formula is C30H41NO4. The Morgan fingerprint density at radius 3 is 1.91 bits per heavy atom. The number of rotatable bonds is 11. The average Bonchev–Trinajstić information content (AvgIpc) is 2.84. The Labute approximate surface area is 210 Å². The zero-order valence-electron chi connectivity index (χ0n) is 22.2. The van der Waals surface area contributed by atoms with E-state index >= 15 is 0 Å². The Balaban J connectivity index is 2.45. The van der Waals surface area contributed by atoms with Gasteiger partial charge in [-0.25, -0.2) is 0 Å². The molecule has 1 amide bonds. The summed E-state index contributed by atoms with van der Waals surface area (Å²) in [6, 6.07) is 11.4. The fraction of sp³-hybridized carbons (Fsp3) is 0.467. The zero-order chi connectivity index (χ0) is 26.4. The minimum Gasteiger partial charge on any atom is -0.480 e. The van der Waals surface area contributed by atoms with Crippen LogP contribution in [0.15, 0.2) is 42.5 Å². The number of nitrogens with one attached hydrogen (secondary N) is 1. The number of hydrogen-bond donors (Lipinski definition) is 3. The molecule has 2 rings (SSSR count). The van der Waals surface area contributed by atoms with Crippen molar-refractivity contribution in [3.8, 4) is 0 Å². The lowest BCUT2D eigenvalue weighted by molar-refractivity contribution is -0.138. The highest BCUT2D eigenvalue weighted by molar-refractivity contribution is 5.97. The highest BCUT2D eigenvalue weighted by Gasteiger charge is 2.32. The molecule has 2 aromatic rings. The lowest BCUT2D eigenvalue weighted by Crippen LogP contribution is -2.38. The topological polar surface area (TPSA) is 86.6 Å². The van der Waals surface area contributed by atoms with Gasteiger partial charge in [0.2, 0.25) is 0 Å². The number of aryl methyl sites for hydroxylation is 2. The van der Waals surface area contributed by atoms with Gasteiger partial charge in [-0.2, -0.15) is 0 Å². The smallest absolute Gasteiger partial charge is 0.325 e. The van der Waals surface area contributed by atoms with E-state index in [0.29, 0.717) is 18.4 Å². The molecule has 0 aromatic heterocycles. The minimum absolute atomic E-state index is 0.214. The first-order chi connectivity index (χ1) is 16.5. The van der Waals surface area contributed by atoms with Crippen molar-refractivity contribution >= 4 is 18.0 Å². The van der Waals surface area contributed by atoms with Crippen molar-refractivity contribution in [1.29, 1.82) is 0 Å². The Kier molecular flexibility index (Phi) is 9.45. The molecule has 2 aromatic carbocycles. The highest BCUT2D eigenvalue weighted by Crippen LogP contribution is 2.40. The van der Waals surface area contributed by atoms with E-state index in [2.05, 4.69) is 50.4 Å². The predicted molar refractivity (Wildman–Crippen MR) is 143 cm³/mol. The summed E-state index contributed by atoms with van der Waals surface area (Å²) in [4.78, 5) is 23.7. The fourth-order valence-electron chi connectivity index (χ4n) is 4.68. The maximum atomic E-state index is 12.6. The molecule has 1 unspecified atom stereocenters. The number of carbonyl (C=O) groups excluding carboxylic acids is 1. The second-order valence-electron chi connectivity index (χ2n) is 9.57. The normalized spacial score (nSPS) is 13.1. The van der Waals surface area contributed by atoms with E-state index in [1.54, 1.807) is 6.07 Å². The van der Waals surface area contributed by atoms with Crippen LogP contribution in [0.3, 0.4) is 0 Å². The van der Waals surface area contributed by atoms with Crippen molar-refractivity contribution < 1.29 is 19.8 Å². The molecule has 0 bridgehead atoms. The van der Waals surface area contributed by atoms with E-state index in [-0.39, 0.29) is 11.3 Å². The van der Waals surface area contributed by atoms with E-state index in [4.69, 9.17) is 5.11 Å². The number of hydrogen-bond acceptors (Lipinski definition) is 3. The van der Waals surface area contributed by atoms with Crippen LogP contribution in [0.1, 0.15) is 98.5 Å². The van der Waals surface area contributed by atoms with E-state index in [1.807, 2.05) is 39.0 Å². The van der Waals surface area contributed by atoms with Crippen LogP contribution < -0.4 is 5.32 Å². The zero-order valence-corrected chi connectivity index (χ0v) is 22.2. The van der Waals surface area contributed by atoms with Gasteiger partial charge in [0.05, 0.1) is 5.60 Å². The molecule has 0 saturated heterocycles. The molecule has 0 saturated carbocycles. The van der Waals surface area contributed by atoms with E-state index in [1.165, 1.54) is 12.5 Å². The van der Waals surface area contributed by atoms with Crippen molar-refractivity contribution in [2.45, 2.75) is 91.2 Å². The number of carbonyl (C=O) groups is 2. The fourth-order valence-corrected chi connectivity index (χ4v) is 4.68. The van der Waals surface area contributed by atoms with Gasteiger partial charge < -0.3 is 15.5 Å². The second-order valence-corrected chi connectivity index (χ2v) is 9.57. The van der Waals surface area contributed by atoms with Crippen molar-refractivity contribution in [3.63, 3.8) is 0 Å². The molecule has 0 spiro atoms. The number of carboxylic acid groups (broad SMARTS) is 1. The molecule has 0 heterocycles. The number of aliphatic hydroxyl groups is 1. The van der Waals surface area contributed by atoms with E-state index < -0.39 is 17.6 Å². The lowest BCUT2D eigenvalue weighted by atomic mass is 9.69. The Bertz CT molecular complexity index is 1080. The van der Waals surface area contributed by atoms with Gasteiger partial charge in [-0.1, -0.05) is 70.2 Å². The van der Waals surface area contributed by atoms with Gasteiger partial charge in [-0.15, -0.1) is 0 Å². The molecule has 190 valence electrons. The van der Waals surface area contributed by atoms with Gasteiger partial charge in [0, 0.05) is 11.0 Å². The van der Waals surface area contributed by atoms with Crippen LogP contribution in [0.5, 0.6) is 0 Å². The molecule has 35 heavy (non-hydrogen) atoms. The van der Waals surface area contributed by atoms with Crippen LogP contribution in [-0.2, 0) is 10.2 Å². The summed E-state index contributed by atoms with van der Waals surface area (Å²) in [6.07, 6.45) is 7.06. The third-order valence-electron chi connectivity index (χ3n) is 7.57. The summed E-state index contributed by atoms with van der Waals surface area (Å²) in [5, 5.41) is 22.2. The molecular weight excluding hydrogens is 438 g/mol. The maximum Gasteiger partial charge on any atom is 0.325 e. The molecule has 0 radical (unpaired) electrons. The third-order valence-corrected chi connectivity index (χ3v) is 7.57. The van der Waals surface area contributed by atoms with Gasteiger partial charge in [-0.3, -0.25) is 9.59 Å². The number of aliphatic carboxylic acids is 1. The largest absolute Gasteiger partial charge is 0.480 e. The third kappa shape index (κ3) is 6.21. The van der Waals surface area contributed by atoms with Gasteiger partial charge in [0.1, 0.15) is 6.04 Å². The van der Waals surface area contributed by atoms with Crippen molar-refractivity contribution in [3.05, 3.63) is 75.9 Å². The SMILES string of the molecule is CCC(O)(C=Cc1ccc(C(CC)(CC)c2ccc(C(=O)NC(C)C(=O)O)c(C)c2)cc1C)CC. The van der Waals surface area contributed by atoms with Crippen molar-refractivity contribution in [1.82, 2.24) is 5.32 Å². The Morgan fingerprint density at radius 2 is 1.46 bits per heavy atom. The standard InChI is InChI=1S/C30H41NO4/c1-8-29(35,9-2)17-16-23-12-13-24(18-20(23)5)30(10-3,11-4)25-14-15-26(21(6)19-25)27(32)31-22(7)28(33)34/h12-19,22,35H,8-11H2,1-7H3,(H,31,32)(H,33,34). The van der Waals surface area contributed by atoms with E-state index in [0.717, 1.165) is 35.1 Å². The van der Waals surface area contributed by atoms with Crippen LogP contribution in [-0.4, -0.2) is 33.7 Å². The summed E-state index contributed by atoms with van der Waals surface area (Å²) >= 11 is 0. The maximum absolute atomic E-state index is 12.6. The molecule has 0 fully saturated rings. The number of carboxylic acids is 1. The summed E-state index contributed by atoms with van der Waals surface area (Å²) < 4.78 is 0. The number of benzene rings is 2. The first-order valence-electron chi connectivity index (χ1n) is 12.6. The van der Waals surface area contributed by atoms with Crippen molar-refractivity contribution in [2.75, 3.05) is 0 Å². The van der Waals surface area contributed by atoms with Crippen LogP contribution in [0.25, 0.3) is 6.08 Å². The molecule has 5 heteroatoms. The molecule has 1 atom stereocenters. The summed E-state index contributed by atoms with van der Waals surface area (Å²) in [7, 11) is 0. The predicted octanol–water partition coefficient (Wildman–Crippen LogP) is 6.18. The average molecular weight is 480 g/mol. The van der Waals surface area contributed by atoms with Crippen LogP contribution in [0.4, 0.5) is 0 Å². The lowest BCUT2D eigenvalue weighted by Gasteiger charge is -2.34. The van der Waals surface area contributed by atoms with Crippen molar-refractivity contribution in [2.24, 2.45) is 0 Å². The monoisotopic (exact) mass is 479 g/mol. The molecule has 5 nitrogen and oxygen atoms in total. The molecule has 0 aliphatic rings. The second kappa shape index (κ2) is 11.7. The highest BCUT2D eigenvalue weighted by atomic mass is 16.4. The Hall–Kier alpha value is -2.92. The molecule has 3 N–H and O–H groups in total. The molecule has 0 aliphatic carbocycles. The first kappa shape index (κ1) is 28.3. The summed E-state index contributed by atoms with van der Waals surface area (Å²) in [5.41, 5.74) is 4.90. The van der Waals surface area contributed by atoms with E-state index in [9.17, 15) is 14.7 Å². The van der Waals surface area contributed by atoms with Gasteiger partial charge in [0.25, 0.3) is 5.91 Å². The Morgan fingerprint density at radius 1 is 0.914 bits per heavy atom. The quantitative estimate of drug-likeness (QED) is 0.359. The van der Waals surface area contributed by atoms with Gasteiger partial charge in [0.15, 0.2) is 0 Å². The van der Waals surface area contributed by atoms with Crippen LogP contribution in [0, 0.1) is 13.8 Å². The summed E-state index contributed by atoms with van der Waals surface area (Å²) in [5.74, 6) is -1.44. The van der Waals surface area contributed by atoms with Gasteiger partial charge >= 0.3 is 5.97 Å². The first-order valence-corrected chi connectivity index (χ1v) is 12.6. The van der Waals surface area contributed by atoms with Gasteiger partial charge in [-0.05, 0) is 80.3 Å². The number of amides is 1. The van der Waals surface area contributed by atoms with Crippen LogP contribution >= 0.6 is 0 Å². The summed E-state index contributed by atoms with van der Waals surface area (Å²) in [6.45, 7) is 13.8. The molecule has 0 aliphatic heterocycles. The minimum atomic E-state index is -1.06. The van der Waals surface area contributed by atoms with Crippen LogP contribution in [0.2, 0.25) is 0 Å².